The zero-order valence-electron chi connectivity index (χ0n) is 9.83. The second kappa shape index (κ2) is 6.11. The van der Waals surface area contributed by atoms with Gasteiger partial charge < -0.3 is 10.4 Å². The standard InChI is InChI=1S/C12H23NO2/c1-9(2)6-12(15)13-8-10-4-3-5-11(14)7-10/h9-11,14H,3-8H2,1-2H3,(H,13,15). The minimum atomic E-state index is -0.147. The Labute approximate surface area is 92.3 Å². The van der Waals surface area contributed by atoms with Crippen molar-refractivity contribution in [2.75, 3.05) is 6.54 Å². The molecule has 1 aliphatic rings. The Morgan fingerprint density at radius 2 is 2.20 bits per heavy atom. The van der Waals surface area contributed by atoms with Gasteiger partial charge in [-0.3, -0.25) is 4.79 Å². The van der Waals surface area contributed by atoms with Gasteiger partial charge in [0, 0.05) is 13.0 Å². The highest BCUT2D eigenvalue weighted by Gasteiger charge is 2.20. The third-order valence-corrected chi connectivity index (χ3v) is 2.94. The lowest BCUT2D eigenvalue weighted by molar-refractivity contribution is -0.122. The van der Waals surface area contributed by atoms with Gasteiger partial charge in [0.25, 0.3) is 0 Å². The predicted octanol–water partition coefficient (Wildman–Crippen LogP) is 1.70. The monoisotopic (exact) mass is 213 g/mol. The normalized spacial score (nSPS) is 26.7. The first-order valence-electron chi connectivity index (χ1n) is 6.02. The van der Waals surface area contributed by atoms with Crippen LogP contribution in [0.2, 0.25) is 0 Å². The number of aliphatic hydroxyl groups is 1. The Hall–Kier alpha value is -0.570. The van der Waals surface area contributed by atoms with Crippen LogP contribution in [-0.4, -0.2) is 23.7 Å². The average molecular weight is 213 g/mol. The van der Waals surface area contributed by atoms with Crippen LogP contribution in [0, 0.1) is 11.8 Å². The zero-order chi connectivity index (χ0) is 11.3. The fourth-order valence-electron chi connectivity index (χ4n) is 2.15. The summed E-state index contributed by atoms with van der Waals surface area (Å²) in [4.78, 5) is 11.4. The number of aliphatic hydroxyl groups excluding tert-OH is 1. The lowest BCUT2D eigenvalue weighted by Gasteiger charge is -2.26. The van der Waals surface area contributed by atoms with Crippen molar-refractivity contribution in [3.63, 3.8) is 0 Å². The highest BCUT2D eigenvalue weighted by Crippen LogP contribution is 2.23. The first-order valence-corrected chi connectivity index (χ1v) is 6.02. The molecule has 0 saturated heterocycles. The Morgan fingerprint density at radius 3 is 2.80 bits per heavy atom. The van der Waals surface area contributed by atoms with Gasteiger partial charge in [-0.15, -0.1) is 0 Å². The van der Waals surface area contributed by atoms with Crippen molar-refractivity contribution in [1.29, 1.82) is 0 Å². The molecule has 0 spiro atoms. The van der Waals surface area contributed by atoms with Crippen molar-refractivity contribution in [2.24, 2.45) is 11.8 Å². The first kappa shape index (κ1) is 12.5. The molecule has 1 saturated carbocycles. The number of rotatable bonds is 4. The summed E-state index contributed by atoms with van der Waals surface area (Å²) in [7, 11) is 0. The van der Waals surface area contributed by atoms with Crippen molar-refractivity contribution in [1.82, 2.24) is 5.32 Å². The Balaban J connectivity index is 2.16. The molecular weight excluding hydrogens is 190 g/mol. The predicted molar refractivity (Wildman–Crippen MR) is 60.4 cm³/mol. The van der Waals surface area contributed by atoms with Gasteiger partial charge in [-0.05, 0) is 31.1 Å². The Bertz CT molecular complexity index is 204. The number of hydrogen-bond acceptors (Lipinski definition) is 2. The molecule has 3 nitrogen and oxygen atoms in total. The minimum absolute atomic E-state index is 0.144. The smallest absolute Gasteiger partial charge is 0.220 e. The molecule has 2 atom stereocenters. The van der Waals surface area contributed by atoms with Crippen LogP contribution in [0.25, 0.3) is 0 Å². The molecule has 15 heavy (non-hydrogen) atoms. The molecule has 88 valence electrons. The van der Waals surface area contributed by atoms with E-state index in [0.29, 0.717) is 18.3 Å². The third-order valence-electron chi connectivity index (χ3n) is 2.94. The van der Waals surface area contributed by atoms with E-state index in [1.807, 2.05) is 13.8 Å². The molecule has 3 heteroatoms. The molecule has 0 bridgehead atoms. The largest absolute Gasteiger partial charge is 0.393 e. The molecular formula is C12H23NO2. The molecule has 1 fully saturated rings. The topological polar surface area (TPSA) is 49.3 Å². The van der Waals surface area contributed by atoms with Gasteiger partial charge in [0.05, 0.1) is 6.10 Å². The van der Waals surface area contributed by atoms with E-state index in [4.69, 9.17) is 0 Å². The Morgan fingerprint density at radius 1 is 1.47 bits per heavy atom. The van der Waals surface area contributed by atoms with Crippen LogP contribution in [-0.2, 0) is 4.79 Å². The molecule has 1 amide bonds. The summed E-state index contributed by atoms with van der Waals surface area (Å²) in [5.41, 5.74) is 0. The van der Waals surface area contributed by atoms with Crippen molar-refractivity contribution < 1.29 is 9.90 Å². The summed E-state index contributed by atoms with van der Waals surface area (Å²) >= 11 is 0. The summed E-state index contributed by atoms with van der Waals surface area (Å²) in [6.07, 6.45) is 4.46. The number of hydrogen-bond donors (Lipinski definition) is 2. The quantitative estimate of drug-likeness (QED) is 0.746. The molecule has 0 heterocycles. The maximum absolute atomic E-state index is 11.4. The van der Waals surface area contributed by atoms with Crippen molar-refractivity contribution in [2.45, 2.75) is 52.1 Å². The zero-order valence-corrected chi connectivity index (χ0v) is 9.83. The van der Waals surface area contributed by atoms with E-state index in [2.05, 4.69) is 5.32 Å². The first-order chi connectivity index (χ1) is 7.08. The molecule has 0 aromatic rings. The lowest BCUT2D eigenvalue weighted by atomic mass is 9.87. The summed E-state index contributed by atoms with van der Waals surface area (Å²) in [6, 6.07) is 0. The van der Waals surface area contributed by atoms with E-state index in [-0.39, 0.29) is 12.0 Å². The van der Waals surface area contributed by atoms with E-state index in [1.165, 1.54) is 0 Å². The van der Waals surface area contributed by atoms with Crippen LogP contribution in [0.5, 0.6) is 0 Å². The summed E-state index contributed by atoms with van der Waals surface area (Å²) < 4.78 is 0. The van der Waals surface area contributed by atoms with E-state index in [1.54, 1.807) is 0 Å². The Kier molecular flexibility index (Phi) is 5.09. The fraction of sp³-hybridized carbons (Fsp3) is 0.917. The van der Waals surface area contributed by atoms with Gasteiger partial charge in [0.1, 0.15) is 0 Å². The van der Waals surface area contributed by atoms with E-state index >= 15 is 0 Å². The molecule has 0 radical (unpaired) electrons. The third kappa shape index (κ3) is 5.17. The van der Waals surface area contributed by atoms with Gasteiger partial charge in [-0.25, -0.2) is 0 Å². The summed E-state index contributed by atoms with van der Waals surface area (Å²) in [6.45, 7) is 4.83. The van der Waals surface area contributed by atoms with Crippen LogP contribution >= 0.6 is 0 Å². The minimum Gasteiger partial charge on any atom is -0.393 e. The van der Waals surface area contributed by atoms with Gasteiger partial charge in [-0.2, -0.15) is 0 Å². The van der Waals surface area contributed by atoms with E-state index in [9.17, 15) is 9.90 Å². The van der Waals surface area contributed by atoms with Crippen molar-refractivity contribution in [3.8, 4) is 0 Å². The van der Waals surface area contributed by atoms with Crippen LogP contribution in [0.1, 0.15) is 46.0 Å². The summed E-state index contributed by atoms with van der Waals surface area (Å²) in [5.74, 6) is 1.04. The number of amides is 1. The van der Waals surface area contributed by atoms with Gasteiger partial charge >= 0.3 is 0 Å². The second-order valence-corrected chi connectivity index (χ2v) is 5.09. The van der Waals surface area contributed by atoms with Crippen LogP contribution in [0.15, 0.2) is 0 Å². The van der Waals surface area contributed by atoms with E-state index in [0.717, 1.165) is 32.2 Å². The number of carbonyl (C=O) groups is 1. The molecule has 1 rings (SSSR count). The van der Waals surface area contributed by atoms with Gasteiger partial charge in [0.2, 0.25) is 5.91 Å². The molecule has 2 unspecified atom stereocenters. The van der Waals surface area contributed by atoms with E-state index < -0.39 is 0 Å². The highest BCUT2D eigenvalue weighted by atomic mass is 16.3. The van der Waals surface area contributed by atoms with Crippen LogP contribution in [0.3, 0.4) is 0 Å². The van der Waals surface area contributed by atoms with Crippen molar-refractivity contribution in [3.05, 3.63) is 0 Å². The SMILES string of the molecule is CC(C)CC(=O)NCC1CCCC(O)C1. The van der Waals surface area contributed by atoms with Crippen LogP contribution in [0.4, 0.5) is 0 Å². The second-order valence-electron chi connectivity index (χ2n) is 5.09. The maximum Gasteiger partial charge on any atom is 0.220 e. The van der Waals surface area contributed by atoms with Gasteiger partial charge in [-0.1, -0.05) is 20.3 Å². The number of carbonyl (C=O) groups excluding carboxylic acids is 1. The molecule has 1 aliphatic carbocycles. The lowest BCUT2D eigenvalue weighted by Crippen LogP contribution is -2.33. The average Bonchev–Trinajstić information content (AvgIpc) is 2.14. The molecule has 0 aliphatic heterocycles. The molecule has 0 aromatic heterocycles. The maximum atomic E-state index is 11.4. The van der Waals surface area contributed by atoms with Gasteiger partial charge in [0.15, 0.2) is 0 Å². The number of nitrogens with one attached hydrogen (secondary N) is 1. The van der Waals surface area contributed by atoms with Crippen LogP contribution < -0.4 is 5.32 Å². The van der Waals surface area contributed by atoms with Crippen molar-refractivity contribution >= 4 is 5.91 Å². The summed E-state index contributed by atoms with van der Waals surface area (Å²) in [5, 5.41) is 12.4. The highest BCUT2D eigenvalue weighted by molar-refractivity contribution is 5.76. The molecule has 2 N–H and O–H groups in total. The molecule has 0 aromatic carbocycles. The fourth-order valence-corrected chi connectivity index (χ4v) is 2.15.